The Morgan fingerprint density at radius 1 is 1.53 bits per heavy atom. The third-order valence-electron chi connectivity index (χ3n) is 1.60. The molecule has 0 atom stereocenters. The lowest BCUT2D eigenvalue weighted by Gasteiger charge is -2.08. The topological polar surface area (TPSA) is 45.5 Å². The van der Waals surface area contributed by atoms with E-state index in [1.54, 1.807) is 6.26 Å². The fourth-order valence-electron chi connectivity index (χ4n) is 0.950. The second kappa shape index (κ2) is 4.52. The van der Waals surface area contributed by atoms with Crippen LogP contribution in [0.2, 0.25) is 0 Å². The molecule has 1 rings (SSSR count). The molecule has 3 nitrogen and oxygen atoms in total. The first kappa shape index (κ1) is 11.8. The minimum Gasteiger partial charge on any atom is -0.411 e. The van der Waals surface area contributed by atoms with Crippen molar-refractivity contribution in [3.63, 3.8) is 0 Å². The van der Waals surface area contributed by atoms with Gasteiger partial charge in [-0.05, 0) is 12.3 Å². The molecule has 0 saturated heterocycles. The number of thioether (sulfide) groups is 1. The summed E-state index contributed by atoms with van der Waals surface area (Å²) in [6.45, 7) is 0. The SMILES string of the molecule is CSc1ncc(C(F)(F)F)cc1C=NO. The van der Waals surface area contributed by atoms with Gasteiger partial charge in [0.25, 0.3) is 0 Å². The predicted molar refractivity (Wildman–Crippen MR) is 50.4 cm³/mol. The number of halogens is 3. The first-order valence-electron chi connectivity index (χ1n) is 3.77. The van der Waals surface area contributed by atoms with Gasteiger partial charge in [-0.2, -0.15) is 13.2 Å². The zero-order valence-corrected chi connectivity index (χ0v) is 8.43. The van der Waals surface area contributed by atoms with E-state index in [0.717, 1.165) is 18.5 Å². The van der Waals surface area contributed by atoms with Crippen molar-refractivity contribution in [2.45, 2.75) is 11.2 Å². The minimum atomic E-state index is -4.44. The number of aromatic nitrogens is 1. The summed E-state index contributed by atoms with van der Waals surface area (Å²) in [6.07, 6.45) is -1.10. The van der Waals surface area contributed by atoms with Gasteiger partial charge in [0.1, 0.15) is 5.03 Å². The van der Waals surface area contributed by atoms with Crippen LogP contribution in [0.15, 0.2) is 22.4 Å². The number of pyridine rings is 1. The standard InChI is InChI=1S/C8H7F3N2OS/c1-15-7-5(3-13-14)2-6(4-12-7)8(9,10)11/h2-4,14H,1H3. The quantitative estimate of drug-likeness (QED) is 0.371. The lowest BCUT2D eigenvalue weighted by Crippen LogP contribution is -2.07. The molecule has 0 bridgehead atoms. The molecule has 15 heavy (non-hydrogen) atoms. The molecule has 1 heterocycles. The summed E-state index contributed by atoms with van der Waals surface area (Å²) in [5.41, 5.74) is -0.727. The molecule has 1 aromatic rings. The summed E-state index contributed by atoms with van der Waals surface area (Å²) in [5.74, 6) is 0. The Bertz CT molecular complexity index is 379. The average molecular weight is 236 g/mol. The number of nitrogens with zero attached hydrogens (tertiary/aromatic N) is 2. The van der Waals surface area contributed by atoms with Crippen LogP contribution in [0.4, 0.5) is 13.2 Å². The maximum absolute atomic E-state index is 12.3. The number of hydrogen-bond acceptors (Lipinski definition) is 4. The minimum absolute atomic E-state index is 0.139. The molecule has 0 unspecified atom stereocenters. The lowest BCUT2D eigenvalue weighted by atomic mass is 10.2. The van der Waals surface area contributed by atoms with Gasteiger partial charge in [-0.3, -0.25) is 0 Å². The smallest absolute Gasteiger partial charge is 0.411 e. The van der Waals surface area contributed by atoms with Crippen LogP contribution in [0.25, 0.3) is 0 Å². The van der Waals surface area contributed by atoms with Crippen LogP contribution >= 0.6 is 11.8 Å². The summed E-state index contributed by atoms with van der Waals surface area (Å²) in [4.78, 5) is 3.62. The first-order chi connectivity index (χ1) is 6.99. The van der Waals surface area contributed by atoms with Crippen molar-refractivity contribution in [1.29, 1.82) is 0 Å². The first-order valence-corrected chi connectivity index (χ1v) is 5.00. The third kappa shape index (κ3) is 2.85. The summed E-state index contributed by atoms with van der Waals surface area (Å²) in [5, 5.41) is 11.4. The van der Waals surface area contributed by atoms with Gasteiger partial charge in [0.15, 0.2) is 0 Å². The largest absolute Gasteiger partial charge is 0.417 e. The monoisotopic (exact) mass is 236 g/mol. The maximum Gasteiger partial charge on any atom is 0.417 e. The van der Waals surface area contributed by atoms with Crippen LogP contribution in [0.5, 0.6) is 0 Å². The van der Waals surface area contributed by atoms with Crippen LogP contribution in [-0.4, -0.2) is 22.7 Å². The zero-order valence-electron chi connectivity index (χ0n) is 7.62. The molecule has 0 aromatic carbocycles. The molecule has 0 saturated carbocycles. The maximum atomic E-state index is 12.3. The molecule has 0 spiro atoms. The summed E-state index contributed by atoms with van der Waals surface area (Å²) in [6, 6.07) is 0.887. The molecule has 0 aliphatic carbocycles. The molecule has 0 aliphatic rings. The highest BCUT2D eigenvalue weighted by Crippen LogP contribution is 2.30. The van der Waals surface area contributed by atoms with E-state index in [0.29, 0.717) is 5.03 Å². The third-order valence-corrected chi connectivity index (χ3v) is 2.32. The normalized spacial score (nSPS) is 12.3. The Morgan fingerprint density at radius 2 is 2.20 bits per heavy atom. The summed E-state index contributed by atoms with van der Waals surface area (Å²) < 4.78 is 36.9. The Morgan fingerprint density at radius 3 is 2.67 bits per heavy atom. The van der Waals surface area contributed by atoms with Crippen molar-refractivity contribution in [3.05, 3.63) is 23.4 Å². The molecule has 0 fully saturated rings. The van der Waals surface area contributed by atoms with Gasteiger partial charge in [0.2, 0.25) is 0 Å². The van der Waals surface area contributed by atoms with Crippen LogP contribution in [0.3, 0.4) is 0 Å². The molecule has 7 heteroatoms. The van der Waals surface area contributed by atoms with E-state index in [1.165, 1.54) is 11.8 Å². The average Bonchev–Trinajstić information content (AvgIpc) is 2.17. The number of hydrogen-bond donors (Lipinski definition) is 1. The fourth-order valence-corrected chi connectivity index (χ4v) is 1.45. The van der Waals surface area contributed by atoms with Crippen LogP contribution in [0.1, 0.15) is 11.1 Å². The van der Waals surface area contributed by atoms with Gasteiger partial charge in [0, 0.05) is 11.8 Å². The van der Waals surface area contributed by atoms with Crippen molar-refractivity contribution < 1.29 is 18.4 Å². The molecule has 1 N–H and O–H groups in total. The molecule has 82 valence electrons. The van der Waals surface area contributed by atoms with E-state index in [2.05, 4.69) is 10.1 Å². The van der Waals surface area contributed by atoms with Crippen molar-refractivity contribution in [2.75, 3.05) is 6.26 Å². The highest BCUT2D eigenvalue weighted by molar-refractivity contribution is 7.98. The second-order valence-electron chi connectivity index (χ2n) is 2.56. The Labute approximate surface area is 88.0 Å². The summed E-state index contributed by atoms with van der Waals surface area (Å²) in [7, 11) is 0. The Balaban J connectivity index is 3.22. The van der Waals surface area contributed by atoms with Crippen LogP contribution in [0, 0.1) is 0 Å². The van der Waals surface area contributed by atoms with Gasteiger partial charge in [-0.1, -0.05) is 5.16 Å². The van der Waals surface area contributed by atoms with Crippen molar-refractivity contribution in [2.24, 2.45) is 5.16 Å². The van der Waals surface area contributed by atoms with Gasteiger partial charge >= 0.3 is 6.18 Å². The van der Waals surface area contributed by atoms with Crippen LogP contribution < -0.4 is 0 Å². The molecule has 0 amide bonds. The molecule has 1 aromatic heterocycles. The van der Waals surface area contributed by atoms with E-state index in [-0.39, 0.29) is 5.56 Å². The van der Waals surface area contributed by atoms with Gasteiger partial charge < -0.3 is 5.21 Å². The van der Waals surface area contributed by atoms with Crippen LogP contribution in [-0.2, 0) is 6.18 Å². The fraction of sp³-hybridized carbons (Fsp3) is 0.250. The Hall–Kier alpha value is -1.24. The predicted octanol–water partition coefficient (Wildman–Crippen LogP) is 2.63. The van der Waals surface area contributed by atoms with E-state index in [4.69, 9.17) is 5.21 Å². The highest BCUT2D eigenvalue weighted by atomic mass is 32.2. The Kier molecular flexibility index (Phi) is 3.57. The highest BCUT2D eigenvalue weighted by Gasteiger charge is 2.31. The molecule has 0 radical (unpaired) electrons. The van der Waals surface area contributed by atoms with Gasteiger partial charge in [-0.15, -0.1) is 11.8 Å². The summed E-state index contributed by atoms with van der Waals surface area (Å²) >= 11 is 1.17. The van der Waals surface area contributed by atoms with E-state index >= 15 is 0 Å². The number of oxime groups is 1. The number of rotatable bonds is 2. The molecular formula is C8H7F3N2OS. The van der Waals surface area contributed by atoms with E-state index in [1.807, 2.05) is 0 Å². The van der Waals surface area contributed by atoms with Crippen molar-refractivity contribution in [3.8, 4) is 0 Å². The number of alkyl halides is 3. The van der Waals surface area contributed by atoms with E-state index in [9.17, 15) is 13.2 Å². The van der Waals surface area contributed by atoms with Crippen molar-refractivity contribution >= 4 is 18.0 Å². The van der Waals surface area contributed by atoms with E-state index < -0.39 is 11.7 Å². The van der Waals surface area contributed by atoms with Gasteiger partial charge in [0.05, 0.1) is 11.8 Å². The van der Waals surface area contributed by atoms with Gasteiger partial charge in [-0.25, -0.2) is 4.98 Å². The molecule has 0 aliphatic heterocycles. The lowest BCUT2D eigenvalue weighted by molar-refractivity contribution is -0.137. The van der Waals surface area contributed by atoms with Crippen molar-refractivity contribution in [1.82, 2.24) is 4.98 Å². The second-order valence-corrected chi connectivity index (χ2v) is 3.36. The zero-order chi connectivity index (χ0) is 11.5. The molecular weight excluding hydrogens is 229 g/mol.